The van der Waals surface area contributed by atoms with Crippen molar-refractivity contribution in [3.05, 3.63) is 65.0 Å². The van der Waals surface area contributed by atoms with Gasteiger partial charge in [-0.1, -0.05) is 12.1 Å². The monoisotopic (exact) mass is 452 g/mol. The molecule has 0 radical (unpaired) electrons. The zero-order chi connectivity index (χ0) is 19.8. The zero-order valence-electron chi connectivity index (χ0n) is 15.8. The first-order valence-corrected chi connectivity index (χ1v) is 10.6. The minimum absolute atomic E-state index is 0.0443. The highest BCUT2D eigenvalue weighted by atomic mass is 79.9. The maximum absolute atomic E-state index is 13.6. The second kappa shape index (κ2) is 7.59. The number of benzene rings is 1. The Kier molecular flexibility index (Phi) is 4.79. The van der Waals surface area contributed by atoms with E-state index in [4.69, 9.17) is 0 Å². The van der Waals surface area contributed by atoms with Gasteiger partial charge >= 0.3 is 0 Å². The summed E-state index contributed by atoms with van der Waals surface area (Å²) in [6.07, 6.45) is 8.27. The van der Waals surface area contributed by atoms with Crippen LogP contribution < -0.4 is 5.32 Å². The third kappa shape index (κ3) is 3.53. The molecule has 29 heavy (non-hydrogen) atoms. The van der Waals surface area contributed by atoms with E-state index < -0.39 is 0 Å². The van der Waals surface area contributed by atoms with Crippen LogP contribution >= 0.6 is 15.9 Å². The molecule has 8 heteroatoms. The van der Waals surface area contributed by atoms with Gasteiger partial charge in [0.1, 0.15) is 5.82 Å². The summed E-state index contributed by atoms with van der Waals surface area (Å²) in [5, 5.41) is 12.0. The maximum Gasteiger partial charge on any atom is 0.256 e. The third-order valence-electron chi connectivity index (χ3n) is 5.87. The van der Waals surface area contributed by atoms with Crippen LogP contribution in [0.1, 0.15) is 29.6 Å². The van der Waals surface area contributed by atoms with Gasteiger partial charge in [0.2, 0.25) is 0 Å². The molecule has 2 saturated heterocycles. The smallest absolute Gasteiger partial charge is 0.256 e. The molecule has 1 amide bonds. The number of aromatic nitrogens is 4. The number of pyridine rings is 1. The van der Waals surface area contributed by atoms with Crippen LogP contribution in [0.15, 0.2) is 59.5 Å². The van der Waals surface area contributed by atoms with Gasteiger partial charge < -0.3 is 10.2 Å². The van der Waals surface area contributed by atoms with E-state index in [0.29, 0.717) is 17.2 Å². The molecule has 6 rings (SSSR count). The first-order chi connectivity index (χ1) is 14.2. The number of carbonyl (C=O) groups excluding carboxylic acids is 1. The van der Waals surface area contributed by atoms with Crippen molar-refractivity contribution >= 4 is 27.7 Å². The van der Waals surface area contributed by atoms with Crippen LogP contribution in [-0.2, 0) is 0 Å². The maximum atomic E-state index is 13.6. The SMILES string of the molecule is O=C(c1ccccc1-n1nccn1)N1C[C@H]2CC[C@H]1[C@H](Nc1ccc(Br)cn1)C2. The van der Waals surface area contributed by atoms with E-state index in [9.17, 15) is 4.79 Å². The molecule has 1 saturated carbocycles. The van der Waals surface area contributed by atoms with E-state index >= 15 is 0 Å². The molecule has 4 heterocycles. The average Bonchev–Trinajstić information content (AvgIpc) is 3.30. The van der Waals surface area contributed by atoms with Crippen LogP contribution in [0.25, 0.3) is 5.69 Å². The number of anilines is 1. The zero-order valence-corrected chi connectivity index (χ0v) is 17.4. The fourth-order valence-corrected chi connectivity index (χ4v) is 4.79. The van der Waals surface area contributed by atoms with Crippen molar-refractivity contribution in [2.75, 3.05) is 11.9 Å². The van der Waals surface area contributed by atoms with Gasteiger partial charge in [-0.3, -0.25) is 4.79 Å². The summed E-state index contributed by atoms with van der Waals surface area (Å²) in [5.41, 5.74) is 1.35. The highest BCUT2D eigenvalue weighted by Crippen LogP contribution is 2.37. The number of fused-ring (bicyclic) bond motifs is 3. The van der Waals surface area contributed by atoms with E-state index in [1.165, 1.54) is 11.2 Å². The van der Waals surface area contributed by atoms with Gasteiger partial charge in [-0.2, -0.15) is 15.0 Å². The number of hydrogen-bond donors (Lipinski definition) is 1. The molecule has 2 bridgehead atoms. The van der Waals surface area contributed by atoms with Crippen LogP contribution in [0.2, 0.25) is 0 Å². The molecule has 2 aromatic heterocycles. The van der Waals surface area contributed by atoms with Gasteiger partial charge in [-0.15, -0.1) is 0 Å². The lowest BCUT2D eigenvalue weighted by molar-refractivity contribution is 0.0281. The fourth-order valence-electron chi connectivity index (χ4n) is 4.56. The second-order valence-corrected chi connectivity index (χ2v) is 8.57. The van der Waals surface area contributed by atoms with Crippen LogP contribution in [0.3, 0.4) is 0 Å². The molecule has 0 unspecified atom stereocenters. The normalized spacial score (nSPS) is 23.2. The largest absolute Gasteiger partial charge is 0.365 e. The van der Waals surface area contributed by atoms with Gasteiger partial charge in [0.25, 0.3) is 5.91 Å². The topological polar surface area (TPSA) is 75.9 Å². The molecule has 3 fully saturated rings. The fraction of sp³-hybridized carbons (Fsp3) is 0.333. The molecule has 3 aromatic rings. The van der Waals surface area contributed by atoms with Gasteiger partial charge in [-0.25, -0.2) is 4.98 Å². The molecule has 3 atom stereocenters. The first-order valence-electron chi connectivity index (χ1n) is 9.84. The Balaban J connectivity index is 1.41. The Labute approximate surface area is 177 Å². The number of para-hydroxylation sites is 1. The quantitative estimate of drug-likeness (QED) is 0.654. The van der Waals surface area contributed by atoms with Crippen molar-refractivity contribution < 1.29 is 4.79 Å². The standard InChI is InChI=1S/C21H21BrN6O/c22-15-6-8-20(23-12-15)26-17-11-14-5-7-19(17)27(13-14)21(29)16-3-1-2-4-18(16)28-24-9-10-25-28/h1-4,6,8-10,12,14,17,19H,5,7,11,13H2,(H,23,26)/t14-,17+,19-/m0/s1. The van der Waals surface area contributed by atoms with Crippen molar-refractivity contribution in [1.82, 2.24) is 24.9 Å². The Morgan fingerprint density at radius 1 is 1.10 bits per heavy atom. The van der Waals surface area contributed by atoms with E-state index in [0.717, 1.165) is 29.7 Å². The number of rotatable bonds is 4. The van der Waals surface area contributed by atoms with E-state index in [1.54, 1.807) is 18.6 Å². The molecular weight excluding hydrogens is 432 g/mol. The Bertz CT molecular complexity index is 1010. The molecule has 1 aliphatic carbocycles. The molecule has 2 aliphatic heterocycles. The first kappa shape index (κ1) is 18.3. The predicted molar refractivity (Wildman–Crippen MR) is 113 cm³/mol. The second-order valence-electron chi connectivity index (χ2n) is 7.65. The van der Waals surface area contributed by atoms with Crippen LogP contribution in [-0.4, -0.2) is 49.4 Å². The van der Waals surface area contributed by atoms with Gasteiger partial charge in [0.15, 0.2) is 0 Å². The number of piperidine rings is 2. The van der Waals surface area contributed by atoms with Crippen molar-refractivity contribution in [3.8, 4) is 5.69 Å². The van der Waals surface area contributed by atoms with E-state index in [1.807, 2.05) is 41.3 Å². The lowest BCUT2D eigenvalue weighted by Crippen LogP contribution is -2.59. The summed E-state index contributed by atoms with van der Waals surface area (Å²) in [6, 6.07) is 11.8. The third-order valence-corrected chi connectivity index (χ3v) is 6.34. The molecule has 1 N–H and O–H groups in total. The van der Waals surface area contributed by atoms with Gasteiger partial charge in [-0.05, 0) is 65.4 Å². The number of nitrogens with zero attached hydrogens (tertiary/aromatic N) is 5. The molecule has 1 aromatic carbocycles. The number of halogens is 1. The van der Waals surface area contributed by atoms with Crippen LogP contribution in [0, 0.1) is 5.92 Å². The number of hydrogen-bond acceptors (Lipinski definition) is 5. The van der Waals surface area contributed by atoms with Gasteiger partial charge in [0, 0.05) is 23.3 Å². The molecule has 148 valence electrons. The minimum atomic E-state index is 0.0443. The Morgan fingerprint density at radius 2 is 1.93 bits per heavy atom. The molecule has 0 spiro atoms. The average molecular weight is 453 g/mol. The molecule has 7 nitrogen and oxygen atoms in total. The summed E-state index contributed by atoms with van der Waals surface area (Å²) >= 11 is 3.43. The summed E-state index contributed by atoms with van der Waals surface area (Å²) in [7, 11) is 0. The number of amides is 1. The molecular formula is C21H21BrN6O. The molecule has 3 aliphatic rings. The minimum Gasteiger partial charge on any atom is -0.365 e. The van der Waals surface area contributed by atoms with Gasteiger partial charge in [0.05, 0.1) is 29.7 Å². The Hall–Kier alpha value is -2.74. The Morgan fingerprint density at radius 3 is 2.69 bits per heavy atom. The lowest BCUT2D eigenvalue weighted by atomic mass is 9.76. The van der Waals surface area contributed by atoms with Crippen molar-refractivity contribution in [1.29, 1.82) is 0 Å². The van der Waals surface area contributed by atoms with Crippen molar-refractivity contribution in [3.63, 3.8) is 0 Å². The number of nitrogens with one attached hydrogen (secondary N) is 1. The lowest BCUT2D eigenvalue weighted by Gasteiger charge is -2.50. The summed E-state index contributed by atoms with van der Waals surface area (Å²) in [5.74, 6) is 1.40. The van der Waals surface area contributed by atoms with Crippen LogP contribution in [0.4, 0.5) is 5.82 Å². The number of carbonyl (C=O) groups is 1. The summed E-state index contributed by atoms with van der Waals surface area (Å²) in [4.78, 5) is 21.6. The summed E-state index contributed by atoms with van der Waals surface area (Å²) in [6.45, 7) is 0.802. The van der Waals surface area contributed by atoms with Crippen molar-refractivity contribution in [2.24, 2.45) is 5.92 Å². The summed E-state index contributed by atoms with van der Waals surface area (Å²) < 4.78 is 0.953. The highest BCUT2D eigenvalue weighted by molar-refractivity contribution is 9.10. The van der Waals surface area contributed by atoms with Crippen molar-refractivity contribution in [2.45, 2.75) is 31.3 Å². The predicted octanol–water partition coefficient (Wildman–Crippen LogP) is 3.53. The van der Waals surface area contributed by atoms with Crippen LogP contribution in [0.5, 0.6) is 0 Å². The highest BCUT2D eigenvalue weighted by Gasteiger charge is 2.43. The van der Waals surface area contributed by atoms with E-state index in [-0.39, 0.29) is 18.0 Å². The van der Waals surface area contributed by atoms with E-state index in [2.05, 4.69) is 36.4 Å².